The number of hydrogen-bond acceptors (Lipinski definition) is 4. The lowest BCUT2D eigenvalue weighted by Crippen LogP contribution is -2.24. The van der Waals surface area contributed by atoms with Crippen molar-refractivity contribution in [1.82, 2.24) is 9.97 Å². The van der Waals surface area contributed by atoms with Crippen molar-refractivity contribution in [3.05, 3.63) is 47.9 Å². The van der Waals surface area contributed by atoms with Gasteiger partial charge in [0.1, 0.15) is 17.8 Å². The van der Waals surface area contributed by atoms with E-state index >= 15 is 0 Å². The normalized spacial score (nSPS) is 11.2. The van der Waals surface area contributed by atoms with E-state index < -0.39 is 0 Å². The molecule has 24 heavy (non-hydrogen) atoms. The van der Waals surface area contributed by atoms with E-state index in [1.54, 1.807) is 6.07 Å². The third-order valence-corrected chi connectivity index (χ3v) is 3.98. The van der Waals surface area contributed by atoms with Gasteiger partial charge in [-0.3, -0.25) is 4.79 Å². The Bertz CT molecular complexity index is 685. The first-order valence-corrected chi connectivity index (χ1v) is 8.34. The third-order valence-electron chi connectivity index (χ3n) is 3.98. The Balaban J connectivity index is 2.14. The summed E-state index contributed by atoms with van der Waals surface area (Å²) in [6.45, 7) is 12.3. The molecule has 0 saturated heterocycles. The van der Waals surface area contributed by atoms with Gasteiger partial charge in [-0.1, -0.05) is 32.9 Å². The Morgan fingerprint density at radius 1 is 1.08 bits per heavy atom. The van der Waals surface area contributed by atoms with Gasteiger partial charge in [-0.2, -0.15) is 0 Å². The molecule has 1 aromatic heterocycles. The molecule has 0 unspecified atom stereocenters. The molecule has 0 bridgehead atoms. The van der Waals surface area contributed by atoms with Crippen LogP contribution in [0.4, 0.5) is 11.5 Å². The van der Waals surface area contributed by atoms with Crippen LogP contribution in [0.5, 0.6) is 0 Å². The van der Waals surface area contributed by atoms with Gasteiger partial charge in [-0.15, -0.1) is 0 Å². The van der Waals surface area contributed by atoms with Crippen LogP contribution in [0.15, 0.2) is 36.7 Å². The molecular formula is C19H26N4O. The van der Waals surface area contributed by atoms with Gasteiger partial charge in [0.2, 0.25) is 0 Å². The van der Waals surface area contributed by atoms with Crippen LogP contribution in [0.3, 0.4) is 0 Å². The van der Waals surface area contributed by atoms with Gasteiger partial charge in [-0.05, 0) is 37.0 Å². The maximum atomic E-state index is 12.4. The zero-order valence-electron chi connectivity index (χ0n) is 15.1. The lowest BCUT2D eigenvalue weighted by Gasteiger charge is -2.20. The van der Waals surface area contributed by atoms with Crippen LogP contribution in [0.1, 0.15) is 50.7 Å². The molecule has 2 rings (SSSR count). The summed E-state index contributed by atoms with van der Waals surface area (Å²) in [5, 5.41) is 2.89. The molecule has 0 radical (unpaired) electrons. The molecule has 0 fully saturated rings. The number of rotatable bonds is 5. The van der Waals surface area contributed by atoms with Crippen molar-refractivity contribution < 1.29 is 4.79 Å². The van der Waals surface area contributed by atoms with E-state index in [4.69, 9.17) is 0 Å². The van der Waals surface area contributed by atoms with Crippen molar-refractivity contribution >= 4 is 17.4 Å². The van der Waals surface area contributed by atoms with E-state index in [9.17, 15) is 4.79 Å². The number of carbonyl (C=O) groups excluding carboxylic acids is 1. The standard InChI is InChI=1S/C19H26N4O/c1-6-23(7-2)17-12-16(20-13-21-17)18(24)22-15-10-8-14(9-11-15)19(3,4)5/h8-13H,6-7H2,1-5H3,(H,22,24). The number of anilines is 2. The van der Waals surface area contributed by atoms with Crippen LogP contribution in [0, 0.1) is 0 Å². The topological polar surface area (TPSA) is 58.1 Å². The fraction of sp³-hybridized carbons (Fsp3) is 0.421. The number of benzene rings is 1. The number of nitrogens with zero attached hydrogens (tertiary/aromatic N) is 3. The van der Waals surface area contributed by atoms with Crippen LogP contribution >= 0.6 is 0 Å². The molecule has 128 valence electrons. The lowest BCUT2D eigenvalue weighted by molar-refractivity contribution is 0.102. The van der Waals surface area contributed by atoms with Gasteiger partial charge in [0.05, 0.1) is 0 Å². The number of nitrogens with one attached hydrogen (secondary N) is 1. The van der Waals surface area contributed by atoms with E-state index in [0.29, 0.717) is 5.69 Å². The lowest BCUT2D eigenvalue weighted by atomic mass is 9.87. The zero-order valence-corrected chi connectivity index (χ0v) is 15.1. The second kappa shape index (κ2) is 7.43. The molecule has 1 heterocycles. The quantitative estimate of drug-likeness (QED) is 0.906. The Hall–Kier alpha value is -2.43. The predicted octanol–water partition coefficient (Wildman–Crippen LogP) is 3.87. The highest BCUT2D eigenvalue weighted by atomic mass is 16.1. The minimum absolute atomic E-state index is 0.0911. The number of amides is 1. The molecule has 0 aliphatic carbocycles. The van der Waals surface area contributed by atoms with E-state index in [2.05, 4.69) is 54.8 Å². The Morgan fingerprint density at radius 2 is 1.71 bits per heavy atom. The molecule has 5 heteroatoms. The average Bonchev–Trinajstić information content (AvgIpc) is 2.56. The van der Waals surface area contributed by atoms with Gasteiger partial charge in [0.15, 0.2) is 0 Å². The largest absolute Gasteiger partial charge is 0.357 e. The molecule has 0 saturated carbocycles. The van der Waals surface area contributed by atoms with Crippen molar-refractivity contribution in [2.24, 2.45) is 0 Å². The van der Waals surface area contributed by atoms with Gasteiger partial charge in [0, 0.05) is 24.8 Å². The predicted molar refractivity (Wildman–Crippen MR) is 98.7 cm³/mol. The molecule has 2 aromatic rings. The fourth-order valence-corrected chi connectivity index (χ4v) is 2.44. The minimum atomic E-state index is -0.227. The maximum Gasteiger partial charge on any atom is 0.274 e. The average molecular weight is 326 g/mol. The van der Waals surface area contributed by atoms with Crippen molar-refractivity contribution in [3.8, 4) is 0 Å². The van der Waals surface area contributed by atoms with Crippen molar-refractivity contribution in [2.75, 3.05) is 23.3 Å². The molecule has 1 N–H and O–H groups in total. The summed E-state index contributed by atoms with van der Waals surface area (Å²) in [6.07, 6.45) is 1.44. The maximum absolute atomic E-state index is 12.4. The van der Waals surface area contributed by atoms with Crippen molar-refractivity contribution in [1.29, 1.82) is 0 Å². The molecule has 1 amide bonds. The van der Waals surface area contributed by atoms with Gasteiger partial charge in [0.25, 0.3) is 5.91 Å². The Morgan fingerprint density at radius 3 is 2.25 bits per heavy atom. The first-order valence-electron chi connectivity index (χ1n) is 8.34. The number of aromatic nitrogens is 2. The summed E-state index contributed by atoms with van der Waals surface area (Å²) in [5.41, 5.74) is 2.45. The first-order chi connectivity index (χ1) is 11.3. The SMILES string of the molecule is CCN(CC)c1cc(C(=O)Nc2ccc(C(C)(C)C)cc2)ncn1. The smallest absolute Gasteiger partial charge is 0.274 e. The van der Waals surface area contributed by atoms with E-state index in [1.165, 1.54) is 11.9 Å². The van der Waals surface area contributed by atoms with Crippen LogP contribution in [-0.2, 0) is 5.41 Å². The summed E-state index contributed by atoms with van der Waals surface area (Å²) in [7, 11) is 0. The van der Waals surface area contributed by atoms with E-state index in [0.717, 1.165) is 24.6 Å². The van der Waals surface area contributed by atoms with Gasteiger partial charge >= 0.3 is 0 Å². The van der Waals surface area contributed by atoms with Crippen LogP contribution in [0.2, 0.25) is 0 Å². The Kier molecular flexibility index (Phi) is 5.54. The number of hydrogen-bond donors (Lipinski definition) is 1. The van der Waals surface area contributed by atoms with Crippen LogP contribution in [0.25, 0.3) is 0 Å². The summed E-state index contributed by atoms with van der Waals surface area (Å²) in [4.78, 5) is 22.8. The first kappa shape index (κ1) is 17.9. The summed E-state index contributed by atoms with van der Waals surface area (Å²) < 4.78 is 0. The minimum Gasteiger partial charge on any atom is -0.357 e. The highest BCUT2D eigenvalue weighted by Crippen LogP contribution is 2.23. The molecule has 1 aromatic carbocycles. The van der Waals surface area contributed by atoms with E-state index in [-0.39, 0.29) is 11.3 Å². The molecule has 5 nitrogen and oxygen atoms in total. The van der Waals surface area contributed by atoms with Gasteiger partial charge in [-0.25, -0.2) is 9.97 Å². The van der Waals surface area contributed by atoms with Crippen LogP contribution in [-0.4, -0.2) is 29.0 Å². The highest BCUT2D eigenvalue weighted by molar-refractivity contribution is 6.03. The number of carbonyl (C=O) groups is 1. The summed E-state index contributed by atoms with van der Waals surface area (Å²) in [5.74, 6) is 0.539. The second-order valence-electron chi connectivity index (χ2n) is 6.72. The van der Waals surface area contributed by atoms with E-state index in [1.807, 2.05) is 24.3 Å². The van der Waals surface area contributed by atoms with Crippen molar-refractivity contribution in [3.63, 3.8) is 0 Å². The molecule has 0 aliphatic heterocycles. The Labute approximate surface area is 144 Å². The fourth-order valence-electron chi connectivity index (χ4n) is 2.44. The molecule has 0 spiro atoms. The van der Waals surface area contributed by atoms with Crippen LogP contribution < -0.4 is 10.2 Å². The molecule has 0 atom stereocenters. The summed E-state index contributed by atoms with van der Waals surface area (Å²) >= 11 is 0. The second-order valence-corrected chi connectivity index (χ2v) is 6.72. The zero-order chi connectivity index (χ0) is 17.7. The summed E-state index contributed by atoms with van der Waals surface area (Å²) in [6, 6.07) is 9.65. The highest BCUT2D eigenvalue weighted by Gasteiger charge is 2.14. The van der Waals surface area contributed by atoms with Crippen molar-refractivity contribution in [2.45, 2.75) is 40.0 Å². The molecule has 0 aliphatic rings. The monoisotopic (exact) mass is 326 g/mol. The van der Waals surface area contributed by atoms with Gasteiger partial charge < -0.3 is 10.2 Å². The third kappa shape index (κ3) is 4.31. The molecular weight excluding hydrogens is 300 g/mol.